The van der Waals surface area contributed by atoms with Gasteiger partial charge < -0.3 is 10.6 Å². The summed E-state index contributed by atoms with van der Waals surface area (Å²) in [7, 11) is 0. The highest BCUT2D eigenvalue weighted by Crippen LogP contribution is 2.40. The van der Waals surface area contributed by atoms with Crippen LogP contribution in [-0.2, 0) is 6.54 Å². The van der Waals surface area contributed by atoms with Gasteiger partial charge in [-0.3, -0.25) is 15.0 Å². The van der Waals surface area contributed by atoms with Crippen molar-refractivity contribution in [2.75, 3.05) is 23.7 Å². The summed E-state index contributed by atoms with van der Waals surface area (Å²) in [6.07, 6.45) is 6.40. The number of benzene rings is 3. The predicted molar refractivity (Wildman–Crippen MR) is 138 cm³/mol. The molecule has 34 heavy (non-hydrogen) atoms. The molecule has 3 aromatic carbocycles. The minimum absolute atomic E-state index is 0.0793. The molecule has 0 aliphatic carbocycles. The maximum Gasteiger partial charge on any atom is 0.143 e. The molecule has 0 amide bonds. The maximum absolute atomic E-state index is 4.71. The van der Waals surface area contributed by atoms with Gasteiger partial charge in [0.05, 0.1) is 16.9 Å². The molecule has 1 fully saturated rings. The Hall–Kier alpha value is -3.90. The molecule has 1 atom stereocenters. The van der Waals surface area contributed by atoms with Gasteiger partial charge in [-0.2, -0.15) is 5.10 Å². The molecular formula is C28H26N6. The third-order valence-corrected chi connectivity index (χ3v) is 7.18. The van der Waals surface area contributed by atoms with Crippen molar-refractivity contribution in [3.05, 3.63) is 84.3 Å². The van der Waals surface area contributed by atoms with Gasteiger partial charge in [0, 0.05) is 35.3 Å². The molecule has 1 saturated heterocycles. The summed E-state index contributed by atoms with van der Waals surface area (Å²) >= 11 is 0. The van der Waals surface area contributed by atoms with Crippen LogP contribution in [0.5, 0.6) is 0 Å². The summed E-state index contributed by atoms with van der Waals surface area (Å²) < 4.78 is 0. The highest BCUT2D eigenvalue weighted by molar-refractivity contribution is 5.98. The van der Waals surface area contributed by atoms with Crippen molar-refractivity contribution in [1.82, 2.24) is 20.1 Å². The zero-order chi connectivity index (χ0) is 22.5. The number of hydrogen-bond donors (Lipinski definition) is 3. The number of aromatic nitrogens is 3. The maximum atomic E-state index is 4.71. The van der Waals surface area contributed by atoms with E-state index in [0.717, 1.165) is 45.3 Å². The second kappa shape index (κ2) is 7.85. The third-order valence-electron chi connectivity index (χ3n) is 7.18. The number of H-pyrrole nitrogens is 1. The minimum atomic E-state index is -0.0793. The summed E-state index contributed by atoms with van der Waals surface area (Å²) in [5.74, 6) is 0. The average Bonchev–Trinajstić information content (AvgIpc) is 3.63. The average molecular weight is 447 g/mol. The van der Waals surface area contributed by atoms with Crippen molar-refractivity contribution in [3.63, 3.8) is 0 Å². The molecule has 0 spiro atoms. The Morgan fingerprint density at radius 2 is 1.79 bits per heavy atom. The van der Waals surface area contributed by atoms with Crippen LogP contribution in [0, 0.1) is 0 Å². The number of nitrogens with zero attached hydrogens (tertiary/aromatic N) is 3. The van der Waals surface area contributed by atoms with E-state index in [4.69, 9.17) is 5.10 Å². The van der Waals surface area contributed by atoms with E-state index in [1.807, 2.05) is 12.4 Å². The first-order valence-corrected chi connectivity index (χ1v) is 12.0. The van der Waals surface area contributed by atoms with Gasteiger partial charge >= 0.3 is 0 Å². The number of nitrogens with one attached hydrogen (secondary N) is 3. The number of rotatable bonds is 4. The van der Waals surface area contributed by atoms with Crippen molar-refractivity contribution >= 4 is 33.1 Å². The van der Waals surface area contributed by atoms with E-state index in [1.54, 1.807) is 0 Å². The topological polar surface area (TPSA) is 68.9 Å². The predicted octanol–water partition coefficient (Wildman–Crippen LogP) is 5.91. The van der Waals surface area contributed by atoms with Gasteiger partial charge in [-0.25, -0.2) is 0 Å². The lowest BCUT2D eigenvalue weighted by Crippen LogP contribution is -2.19. The Labute approximate surface area is 198 Å². The standard InChI is InChI=1S/C28H26N6/c1-2-8-21-19(6-1)15-29-16-23(21)18-10-11-24-22(14-18)27(33-32-24)28-30-25-9-5-7-20(26(25)31-28)17-34-12-3-4-13-34/h1-2,5-11,14-16,28,30-31H,3-4,12-13,17H2,(H,32,33). The van der Waals surface area contributed by atoms with Crippen molar-refractivity contribution < 1.29 is 0 Å². The lowest BCUT2D eigenvalue weighted by molar-refractivity contribution is 0.332. The van der Waals surface area contributed by atoms with E-state index in [0.29, 0.717) is 0 Å². The molecule has 7 rings (SSSR count). The molecule has 0 radical (unpaired) electrons. The summed E-state index contributed by atoms with van der Waals surface area (Å²) in [4.78, 5) is 7.02. The summed E-state index contributed by atoms with van der Waals surface area (Å²) in [6, 6.07) is 21.4. The fraction of sp³-hybridized carbons (Fsp3) is 0.214. The van der Waals surface area contributed by atoms with Gasteiger partial charge in [0.1, 0.15) is 11.9 Å². The van der Waals surface area contributed by atoms with Crippen LogP contribution in [0.4, 0.5) is 11.4 Å². The number of anilines is 2. The number of para-hydroxylation sites is 1. The Balaban J connectivity index is 1.25. The smallest absolute Gasteiger partial charge is 0.143 e. The third kappa shape index (κ3) is 3.22. The van der Waals surface area contributed by atoms with E-state index >= 15 is 0 Å². The minimum Gasteiger partial charge on any atom is -0.359 e. The lowest BCUT2D eigenvalue weighted by Gasteiger charge is -2.17. The van der Waals surface area contributed by atoms with E-state index in [2.05, 4.69) is 86.3 Å². The number of fused-ring (bicyclic) bond motifs is 3. The zero-order valence-electron chi connectivity index (χ0n) is 18.9. The fourth-order valence-electron chi connectivity index (χ4n) is 5.45. The number of likely N-dealkylation sites (tertiary alicyclic amines) is 1. The Kier molecular flexibility index (Phi) is 4.52. The van der Waals surface area contributed by atoms with Crippen molar-refractivity contribution in [3.8, 4) is 11.1 Å². The van der Waals surface area contributed by atoms with Crippen LogP contribution < -0.4 is 10.6 Å². The van der Waals surface area contributed by atoms with E-state index < -0.39 is 0 Å². The molecule has 2 aliphatic rings. The molecule has 0 saturated carbocycles. The second-order valence-corrected chi connectivity index (χ2v) is 9.32. The van der Waals surface area contributed by atoms with E-state index in [1.165, 1.54) is 42.6 Å². The highest BCUT2D eigenvalue weighted by atomic mass is 15.2. The van der Waals surface area contributed by atoms with Crippen LogP contribution >= 0.6 is 0 Å². The Morgan fingerprint density at radius 1 is 0.882 bits per heavy atom. The molecule has 0 bridgehead atoms. The Morgan fingerprint density at radius 3 is 2.74 bits per heavy atom. The summed E-state index contributed by atoms with van der Waals surface area (Å²) in [5, 5.41) is 18.8. The lowest BCUT2D eigenvalue weighted by atomic mass is 9.99. The van der Waals surface area contributed by atoms with Crippen LogP contribution in [0.15, 0.2) is 73.1 Å². The number of pyridine rings is 1. The van der Waals surface area contributed by atoms with Crippen LogP contribution in [0.2, 0.25) is 0 Å². The molecule has 5 aromatic rings. The second-order valence-electron chi connectivity index (χ2n) is 9.32. The van der Waals surface area contributed by atoms with Crippen LogP contribution in [0.25, 0.3) is 32.8 Å². The monoisotopic (exact) mass is 446 g/mol. The zero-order valence-corrected chi connectivity index (χ0v) is 18.9. The molecule has 2 aromatic heterocycles. The summed E-state index contributed by atoms with van der Waals surface area (Å²) in [5.41, 5.74) is 7.98. The van der Waals surface area contributed by atoms with Gasteiger partial charge in [-0.15, -0.1) is 0 Å². The molecular weight excluding hydrogens is 420 g/mol. The fourth-order valence-corrected chi connectivity index (χ4v) is 5.45. The molecule has 3 N–H and O–H groups in total. The van der Waals surface area contributed by atoms with Gasteiger partial charge in [-0.05, 0) is 60.6 Å². The Bertz CT molecular complexity index is 1510. The van der Waals surface area contributed by atoms with Crippen molar-refractivity contribution in [2.24, 2.45) is 0 Å². The molecule has 2 aliphatic heterocycles. The largest absolute Gasteiger partial charge is 0.359 e. The van der Waals surface area contributed by atoms with Crippen LogP contribution in [0.1, 0.15) is 30.3 Å². The van der Waals surface area contributed by atoms with Crippen LogP contribution in [0.3, 0.4) is 0 Å². The molecule has 4 heterocycles. The van der Waals surface area contributed by atoms with Crippen LogP contribution in [-0.4, -0.2) is 33.2 Å². The SMILES string of the molecule is c1cc(CN2CCCC2)c2c(c1)NC(c1n[nH]c3ccc(-c4cncc5ccccc45)cc13)N2. The number of aromatic amines is 1. The molecule has 1 unspecified atom stereocenters. The first-order chi connectivity index (χ1) is 16.8. The van der Waals surface area contributed by atoms with Gasteiger partial charge in [0.2, 0.25) is 0 Å². The first kappa shape index (κ1) is 19.6. The van der Waals surface area contributed by atoms with Crippen molar-refractivity contribution in [2.45, 2.75) is 25.6 Å². The van der Waals surface area contributed by atoms with E-state index in [-0.39, 0.29) is 6.17 Å². The van der Waals surface area contributed by atoms with Gasteiger partial charge in [0.15, 0.2) is 0 Å². The first-order valence-electron chi connectivity index (χ1n) is 12.0. The quantitative estimate of drug-likeness (QED) is 0.320. The highest BCUT2D eigenvalue weighted by Gasteiger charge is 2.27. The molecule has 168 valence electrons. The number of hydrogen-bond acceptors (Lipinski definition) is 5. The molecule has 6 nitrogen and oxygen atoms in total. The molecule has 6 heteroatoms. The van der Waals surface area contributed by atoms with E-state index in [9.17, 15) is 0 Å². The summed E-state index contributed by atoms with van der Waals surface area (Å²) in [6.45, 7) is 3.37. The van der Waals surface area contributed by atoms with Crippen molar-refractivity contribution in [1.29, 1.82) is 0 Å². The normalized spacial score (nSPS) is 17.7. The van der Waals surface area contributed by atoms with Gasteiger partial charge in [0.25, 0.3) is 0 Å². The van der Waals surface area contributed by atoms with Gasteiger partial charge in [-0.1, -0.05) is 42.5 Å².